The van der Waals surface area contributed by atoms with Gasteiger partial charge in [0, 0.05) is 50.9 Å². The highest BCUT2D eigenvalue weighted by Crippen LogP contribution is 2.35. The monoisotopic (exact) mass is 681 g/mol. The van der Waals surface area contributed by atoms with Crippen LogP contribution in [0.3, 0.4) is 0 Å². The summed E-state index contributed by atoms with van der Waals surface area (Å²) >= 11 is 1.51. The lowest BCUT2D eigenvalue weighted by Crippen LogP contribution is -2.49. The van der Waals surface area contributed by atoms with E-state index in [-0.39, 0.29) is 48.8 Å². The molecule has 3 heterocycles. The van der Waals surface area contributed by atoms with Gasteiger partial charge >= 0.3 is 6.18 Å². The highest BCUT2D eigenvalue weighted by Gasteiger charge is 2.34. The highest BCUT2D eigenvalue weighted by molar-refractivity contribution is 7.09. The first kappa shape index (κ1) is 34.9. The smallest absolute Gasteiger partial charge is 0.390 e. The second-order valence-electron chi connectivity index (χ2n) is 12.0. The standard InChI is InChI=1S/C34H38F3N7O3S/c1-21-20-48-31(39-21)28-13-8-14-44(28)32(47)27-17-26(41-33(42-27)43(2)3)30(46)40-25(16-22-9-5-4-6-10-22)29(45)19-38-18-23-11-7-12-24(15-23)34(35,36)37/h4-7,9-12,15,17,20,25,28-29,38,45H,8,13-14,16,18-19H2,1-3H3,(H,40,46)/t25-,28+,29+/m0/s1. The molecule has 2 aromatic carbocycles. The molecule has 14 heteroatoms. The summed E-state index contributed by atoms with van der Waals surface area (Å²) in [5, 5.41) is 19.9. The Kier molecular flexibility index (Phi) is 11.1. The minimum atomic E-state index is -4.46. The van der Waals surface area contributed by atoms with Crippen LogP contribution >= 0.6 is 11.3 Å². The van der Waals surface area contributed by atoms with Gasteiger partial charge in [0.15, 0.2) is 0 Å². The molecule has 0 bridgehead atoms. The molecule has 10 nitrogen and oxygen atoms in total. The van der Waals surface area contributed by atoms with Crippen molar-refractivity contribution in [3.05, 3.63) is 105 Å². The Hall–Kier alpha value is -4.40. The van der Waals surface area contributed by atoms with E-state index in [4.69, 9.17) is 0 Å². The van der Waals surface area contributed by atoms with Crippen molar-refractivity contribution in [1.29, 1.82) is 0 Å². The van der Waals surface area contributed by atoms with Crippen molar-refractivity contribution in [3.8, 4) is 0 Å². The number of hydrogen-bond donors (Lipinski definition) is 3. The number of amides is 2. The van der Waals surface area contributed by atoms with Crippen molar-refractivity contribution in [3.63, 3.8) is 0 Å². The van der Waals surface area contributed by atoms with Gasteiger partial charge in [-0.2, -0.15) is 13.2 Å². The van der Waals surface area contributed by atoms with E-state index >= 15 is 0 Å². The molecule has 48 heavy (non-hydrogen) atoms. The highest BCUT2D eigenvalue weighted by atomic mass is 32.1. The predicted molar refractivity (Wildman–Crippen MR) is 177 cm³/mol. The fourth-order valence-corrected chi connectivity index (χ4v) is 6.50. The molecule has 1 saturated heterocycles. The molecule has 3 N–H and O–H groups in total. The van der Waals surface area contributed by atoms with Crippen LogP contribution in [0.2, 0.25) is 0 Å². The summed E-state index contributed by atoms with van der Waals surface area (Å²) in [5.41, 5.74) is 1.42. The number of nitrogens with one attached hydrogen (secondary N) is 2. The molecule has 1 aliphatic heterocycles. The third-order valence-corrected chi connectivity index (χ3v) is 9.08. The fourth-order valence-electron chi connectivity index (χ4n) is 5.56. The quantitative estimate of drug-likeness (QED) is 0.195. The van der Waals surface area contributed by atoms with Crippen molar-refractivity contribution >= 4 is 29.1 Å². The molecular weight excluding hydrogens is 643 g/mol. The van der Waals surface area contributed by atoms with Crippen LogP contribution in [0.5, 0.6) is 0 Å². The lowest BCUT2D eigenvalue weighted by Gasteiger charge is -2.25. The summed E-state index contributed by atoms with van der Waals surface area (Å²) in [6.45, 7) is 2.50. The SMILES string of the molecule is Cc1csc([C@H]2CCCN2C(=O)c2cc(C(=O)N[C@@H](Cc3ccccc3)[C@H](O)CNCc3cccc(C(F)(F)F)c3)nc(N(C)C)n2)n1. The Bertz CT molecular complexity index is 1720. The van der Waals surface area contributed by atoms with Gasteiger partial charge in [-0.25, -0.2) is 15.0 Å². The van der Waals surface area contributed by atoms with E-state index in [1.165, 1.54) is 23.5 Å². The molecule has 0 saturated carbocycles. The molecule has 3 atom stereocenters. The molecule has 4 aromatic rings. The predicted octanol–water partition coefficient (Wildman–Crippen LogP) is 4.80. The van der Waals surface area contributed by atoms with Crippen LogP contribution in [-0.2, 0) is 19.1 Å². The zero-order valence-corrected chi connectivity index (χ0v) is 27.7. The Balaban J connectivity index is 1.34. The molecule has 1 aliphatic rings. The summed E-state index contributed by atoms with van der Waals surface area (Å²) in [6, 6.07) is 14.6. The third-order valence-electron chi connectivity index (χ3n) is 8.02. The van der Waals surface area contributed by atoms with Gasteiger partial charge in [-0.15, -0.1) is 11.3 Å². The zero-order valence-electron chi connectivity index (χ0n) is 26.9. The van der Waals surface area contributed by atoms with Gasteiger partial charge in [0.25, 0.3) is 11.8 Å². The van der Waals surface area contributed by atoms with Crippen LogP contribution in [0.4, 0.5) is 19.1 Å². The van der Waals surface area contributed by atoms with Gasteiger partial charge in [0.05, 0.1) is 23.8 Å². The molecule has 2 aromatic heterocycles. The lowest BCUT2D eigenvalue weighted by molar-refractivity contribution is -0.137. The van der Waals surface area contributed by atoms with Crippen LogP contribution in [0.15, 0.2) is 66.0 Å². The number of halogens is 3. The van der Waals surface area contributed by atoms with Crippen molar-refractivity contribution in [2.45, 2.75) is 57.1 Å². The molecule has 0 radical (unpaired) electrons. The summed E-state index contributed by atoms with van der Waals surface area (Å²) < 4.78 is 39.5. The van der Waals surface area contributed by atoms with Crippen molar-refractivity contribution in [2.75, 3.05) is 32.1 Å². The number of hydrogen-bond acceptors (Lipinski definition) is 9. The number of nitrogens with zero attached hydrogens (tertiary/aromatic N) is 5. The number of carbonyl (C=O) groups excluding carboxylic acids is 2. The van der Waals surface area contributed by atoms with Gasteiger partial charge < -0.3 is 25.5 Å². The maximum absolute atomic E-state index is 13.8. The average molecular weight is 682 g/mol. The van der Waals surface area contributed by atoms with E-state index in [0.717, 1.165) is 41.2 Å². The number of alkyl halides is 3. The van der Waals surface area contributed by atoms with E-state index < -0.39 is 29.8 Å². The van der Waals surface area contributed by atoms with E-state index in [1.54, 1.807) is 30.0 Å². The number of likely N-dealkylation sites (tertiary alicyclic amines) is 1. The lowest BCUT2D eigenvalue weighted by atomic mass is 10.0. The summed E-state index contributed by atoms with van der Waals surface area (Å²) in [4.78, 5) is 44.4. The van der Waals surface area contributed by atoms with Crippen molar-refractivity contribution < 1.29 is 27.9 Å². The molecule has 254 valence electrons. The maximum atomic E-state index is 13.8. The number of benzene rings is 2. The number of rotatable bonds is 12. The van der Waals surface area contributed by atoms with Crippen LogP contribution in [0.1, 0.15) is 67.3 Å². The number of aliphatic hydroxyl groups excluding tert-OH is 1. The van der Waals surface area contributed by atoms with Crippen LogP contribution in [0, 0.1) is 6.92 Å². The molecular formula is C34H38F3N7O3S. The number of aliphatic hydroxyl groups is 1. The molecule has 5 rings (SSSR count). The third kappa shape index (κ3) is 8.74. The van der Waals surface area contributed by atoms with Gasteiger partial charge in [-0.3, -0.25) is 9.59 Å². The molecule has 0 aliphatic carbocycles. The fraction of sp³-hybridized carbons (Fsp3) is 0.382. The first-order chi connectivity index (χ1) is 22.9. The number of thiazole rings is 1. The molecule has 2 amide bonds. The molecule has 1 fully saturated rings. The Morgan fingerprint density at radius 2 is 1.77 bits per heavy atom. The number of aryl methyl sites for hydroxylation is 1. The van der Waals surface area contributed by atoms with Gasteiger partial charge in [0.1, 0.15) is 16.4 Å². The molecule has 0 spiro atoms. The summed E-state index contributed by atoms with van der Waals surface area (Å²) in [6.07, 6.45) is -3.73. The number of carbonyl (C=O) groups is 2. The first-order valence-corrected chi connectivity index (χ1v) is 16.5. The Morgan fingerprint density at radius 3 is 2.46 bits per heavy atom. The second kappa shape index (κ2) is 15.2. The Morgan fingerprint density at radius 1 is 1.04 bits per heavy atom. The van der Waals surface area contributed by atoms with E-state index in [0.29, 0.717) is 12.1 Å². The molecule has 0 unspecified atom stereocenters. The second-order valence-corrected chi connectivity index (χ2v) is 12.9. The topological polar surface area (TPSA) is 124 Å². The average Bonchev–Trinajstić information content (AvgIpc) is 3.73. The first-order valence-electron chi connectivity index (χ1n) is 15.6. The van der Waals surface area contributed by atoms with Crippen LogP contribution < -0.4 is 15.5 Å². The van der Waals surface area contributed by atoms with E-state index in [1.807, 2.05) is 42.6 Å². The van der Waals surface area contributed by atoms with Crippen LogP contribution in [0.25, 0.3) is 0 Å². The van der Waals surface area contributed by atoms with E-state index in [2.05, 4.69) is 25.6 Å². The van der Waals surface area contributed by atoms with Crippen molar-refractivity contribution in [1.82, 2.24) is 30.5 Å². The van der Waals surface area contributed by atoms with E-state index in [9.17, 15) is 27.9 Å². The van der Waals surface area contributed by atoms with Gasteiger partial charge in [0.2, 0.25) is 5.95 Å². The largest absolute Gasteiger partial charge is 0.416 e. The normalized spacial score (nSPS) is 16.1. The zero-order chi connectivity index (χ0) is 34.4. The van der Waals surface area contributed by atoms with Gasteiger partial charge in [-0.1, -0.05) is 48.5 Å². The van der Waals surface area contributed by atoms with Gasteiger partial charge in [-0.05, 0) is 43.4 Å². The minimum absolute atomic E-state index is 0.0168. The minimum Gasteiger partial charge on any atom is -0.390 e. The van der Waals surface area contributed by atoms with Crippen molar-refractivity contribution in [2.24, 2.45) is 0 Å². The summed E-state index contributed by atoms with van der Waals surface area (Å²) in [7, 11) is 3.42. The Labute approximate surface area is 281 Å². The maximum Gasteiger partial charge on any atom is 0.416 e. The number of anilines is 1. The summed E-state index contributed by atoms with van der Waals surface area (Å²) in [5.74, 6) is -0.764. The number of aromatic nitrogens is 3. The van der Waals surface area contributed by atoms with Crippen LogP contribution in [-0.4, -0.2) is 76.1 Å².